The van der Waals surface area contributed by atoms with Crippen LogP contribution in [0.15, 0.2) is 0 Å². The second kappa shape index (κ2) is 8.91. The van der Waals surface area contributed by atoms with E-state index in [1.807, 2.05) is 0 Å². The zero-order valence-corrected chi connectivity index (χ0v) is 12.8. The highest BCUT2D eigenvalue weighted by Gasteiger charge is 2.15. The Labute approximate surface area is 115 Å². The van der Waals surface area contributed by atoms with E-state index in [-0.39, 0.29) is 36.0 Å². The van der Waals surface area contributed by atoms with E-state index in [1.54, 1.807) is 41.5 Å². The highest BCUT2D eigenvalue weighted by atomic mass is 16.6. The lowest BCUT2D eigenvalue weighted by atomic mass is 10.2. The molecule has 0 heterocycles. The second-order valence-electron chi connectivity index (χ2n) is 5.34. The number of hydrogen-bond donors (Lipinski definition) is 0. The molecule has 2 unspecified atom stereocenters. The van der Waals surface area contributed by atoms with Crippen LogP contribution >= 0.6 is 0 Å². The summed E-state index contributed by atoms with van der Waals surface area (Å²) in [6, 6.07) is 0. The number of carbonyl (C=O) groups is 2. The number of rotatable bonds is 8. The zero-order valence-electron chi connectivity index (χ0n) is 12.8. The van der Waals surface area contributed by atoms with Gasteiger partial charge in [-0.2, -0.15) is 0 Å². The molecule has 0 saturated heterocycles. The molecule has 0 aromatic carbocycles. The zero-order chi connectivity index (χ0) is 15.0. The largest absolute Gasteiger partial charge is 0.460 e. The summed E-state index contributed by atoms with van der Waals surface area (Å²) in [7, 11) is 0. The van der Waals surface area contributed by atoms with E-state index in [2.05, 4.69) is 0 Å². The normalized spacial score (nSPS) is 14.3. The third kappa shape index (κ3) is 8.59. The Morgan fingerprint density at radius 1 is 0.737 bits per heavy atom. The van der Waals surface area contributed by atoms with Crippen LogP contribution < -0.4 is 0 Å². The standard InChI is InChI=1S/C14H26O5/c1-9(2)13(15)18-11(5)7-17-8-12(6)19-14(16)10(3)4/h9-12H,7-8H2,1-6H3. The molecule has 0 fully saturated rings. The summed E-state index contributed by atoms with van der Waals surface area (Å²) in [6.45, 7) is 11.2. The van der Waals surface area contributed by atoms with Crippen molar-refractivity contribution in [1.82, 2.24) is 0 Å². The summed E-state index contributed by atoms with van der Waals surface area (Å²) in [6.07, 6.45) is -0.606. The molecular weight excluding hydrogens is 248 g/mol. The monoisotopic (exact) mass is 274 g/mol. The Bertz CT molecular complexity index is 258. The van der Waals surface area contributed by atoms with Crippen molar-refractivity contribution in [3.8, 4) is 0 Å². The van der Waals surface area contributed by atoms with E-state index in [0.29, 0.717) is 13.2 Å². The van der Waals surface area contributed by atoms with Gasteiger partial charge in [-0.15, -0.1) is 0 Å². The molecule has 0 saturated carbocycles. The Balaban J connectivity index is 3.78. The predicted octanol–water partition coefficient (Wildman–Crippen LogP) is 2.18. The Morgan fingerprint density at radius 3 is 1.32 bits per heavy atom. The molecule has 0 radical (unpaired) electrons. The molecule has 19 heavy (non-hydrogen) atoms. The number of ether oxygens (including phenoxy) is 3. The minimum Gasteiger partial charge on any atom is -0.460 e. The van der Waals surface area contributed by atoms with E-state index in [9.17, 15) is 9.59 Å². The van der Waals surface area contributed by atoms with Crippen molar-refractivity contribution in [1.29, 1.82) is 0 Å². The maximum absolute atomic E-state index is 11.3. The number of hydrogen-bond acceptors (Lipinski definition) is 5. The van der Waals surface area contributed by atoms with Crippen LogP contribution in [0.3, 0.4) is 0 Å². The Morgan fingerprint density at radius 2 is 1.05 bits per heavy atom. The molecule has 0 aromatic heterocycles. The van der Waals surface area contributed by atoms with Gasteiger partial charge in [0.05, 0.1) is 25.0 Å². The lowest BCUT2D eigenvalue weighted by Crippen LogP contribution is -2.27. The molecule has 0 spiro atoms. The van der Waals surface area contributed by atoms with Gasteiger partial charge >= 0.3 is 11.9 Å². The first-order valence-electron chi connectivity index (χ1n) is 6.72. The minimum atomic E-state index is -0.303. The van der Waals surface area contributed by atoms with Gasteiger partial charge in [0.1, 0.15) is 12.2 Å². The van der Waals surface area contributed by atoms with Crippen molar-refractivity contribution < 1.29 is 23.8 Å². The van der Waals surface area contributed by atoms with Crippen molar-refractivity contribution in [2.24, 2.45) is 11.8 Å². The van der Waals surface area contributed by atoms with Gasteiger partial charge in [0, 0.05) is 0 Å². The van der Waals surface area contributed by atoms with Gasteiger partial charge in [-0.25, -0.2) is 0 Å². The van der Waals surface area contributed by atoms with Gasteiger partial charge in [-0.3, -0.25) is 9.59 Å². The maximum atomic E-state index is 11.3. The lowest BCUT2D eigenvalue weighted by molar-refractivity contribution is -0.158. The number of esters is 2. The molecule has 0 aliphatic heterocycles. The molecule has 0 aliphatic rings. The van der Waals surface area contributed by atoms with Crippen LogP contribution in [0.1, 0.15) is 41.5 Å². The van der Waals surface area contributed by atoms with Crippen molar-refractivity contribution in [3.05, 3.63) is 0 Å². The first-order valence-corrected chi connectivity index (χ1v) is 6.72. The molecule has 0 bridgehead atoms. The fraction of sp³-hybridized carbons (Fsp3) is 0.857. The molecule has 0 N–H and O–H groups in total. The van der Waals surface area contributed by atoms with Crippen molar-refractivity contribution >= 4 is 11.9 Å². The smallest absolute Gasteiger partial charge is 0.308 e. The van der Waals surface area contributed by atoms with Gasteiger partial charge in [0.2, 0.25) is 0 Å². The van der Waals surface area contributed by atoms with Crippen molar-refractivity contribution in [2.45, 2.75) is 53.8 Å². The van der Waals surface area contributed by atoms with Crippen molar-refractivity contribution in [2.75, 3.05) is 13.2 Å². The first kappa shape index (κ1) is 17.9. The molecular formula is C14H26O5. The van der Waals surface area contributed by atoms with E-state index >= 15 is 0 Å². The van der Waals surface area contributed by atoms with E-state index in [0.717, 1.165) is 0 Å². The second-order valence-corrected chi connectivity index (χ2v) is 5.34. The van der Waals surface area contributed by atoms with Crippen molar-refractivity contribution in [3.63, 3.8) is 0 Å². The third-order valence-corrected chi connectivity index (χ3v) is 2.28. The van der Waals surface area contributed by atoms with Gasteiger partial charge in [-0.1, -0.05) is 27.7 Å². The summed E-state index contributed by atoms with van der Waals surface area (Å²) in [4.78, 5) is 22.6. The van der Waals surface area contributed by atoms with Crippen LogP contribution in [0, 0.1) is 11.8 Å². The van der Waals surface area contributed by atoms with Crippen LogP contribution in [-0.4, -0.2) is 37.4 Å². The summed E-state index contributed by atoms with van der Waals surface area (Å²) in [5.74, 6) is -0.771. The maximum Gasteiger partial charge on any atom is 0.308 e. The molecule has 5 nitrogen and oxygen atoms in total. The SMILES string of the molecule is CC(COCC(C)OC(=O)C(C)C)OC(=O)C(C)C. The average molecular weight is 274 g/mol. The van der Waals surface area contributed by atoms with E-state index < -0.39 is 0 Å². The van der Waals surface area contributed by atoms with Crippen LogP contribution in [0.4, 0.5) is 0 Å². The molecule has 0 aromatic rings. The highest BCUT2D eigenvalue weighted by Crippen LogP contribution is 2.03. The minimum absolute atomic E-state index is 0.145. The lowest BCUT2D eigenvalue weighted by Gasteiger charge is -2.18. The van der Waals surface area contributed by atoms with E-state index in [4.69, 9.17) is 14.2 Å². The fourth-order valence-electron chi connectivity index (χ4n) is 1.14. The third-order valence-electron chi connectivity index (χ3n) is 2.28. The molecule has 112 valence electrons. The summed E-state index contributed by atoms with van der Waals surface area (Å²) < 4.78 is 15.6. The predicted molar refractivity (Wildman–Crippen MR) is 71.6 cm³/mol. The summed E-state index contributed by atoms with van der Waals surface area (Å²) >= 11 is 0. The van der Waals surface area contributed by atoms with Crippen LogP contribution in [-0.2, 0) is 23.8 Å². The van der Waals surface area contributed by atoms with Crippen LogP contribution in [0.5, 0.6) is 0 Å². The van der Waals surface area contributed by atoms with Gasteiger partial charge < -0.3 is 14.2 Å². The topological polar surface area (TPSA) is 61.8 Å². The van der Waals surface area contributed by atoms with E-state index in [1.165, 1.54) is 0 Å². The molecule has 0 amide bonds. The number of carbonyl (C=O) groups excluding carboxylic acids is 2. The molecule has 0 aliphatic carbocycles. The van der Waals surface area contributed by atoms with Gasteiger partial charge in [0.15, 0.2) is 0 Å². The Kier molecular flexibility index (Phi) is 8.39. The fourth-order valence-corrected chi connectivity index (χ4v) is 1.14. The van der Waals surface area contributed by atoms with Crippen LogP contribution in [0.25, 0.3) is 0 Å². The average Bonchev–Trinajstić information content (AvgIpc) is 2.28. The Hall–Kier alpha value is -1.10. The summed E-state index contributed by atoms with van der Waals surface area (Å²) in [5.41, 5.74) is 0. The highest BCUT2D eigenvalue weighted by molar-refractivity contribution is 5.72. The summed E-state index contributed by atoms with van der Waals surface area (Å²) in [5, 5.41) is 0. The molecule has 0 rings (SSSR count). The molecule has 5 heteroatoms. The van der Waals surface area contributed by atoms with Gasteiger partial charge in [-0.05, 0) is 13.8 Å². The van der Waals surface area contributed by atoms with Gasteiger partial charge in [0.25, 0.3) is 0 Å². The quantitative estimate of drug-likeness (QED) is 0.635. The molecule has 2 atom stereocenters. The van der Waals surface area contributed by atoms with Crippen LogP contribution in [0.2, 0.25) is 0 Å². The first-order chi connectivity index (χ1) is 8.73.